The van der Waals surface area contributed by atoms with Crippen LogP contribution in [0, 0.1) is 5.82 Å². The first-order chi connectivity index (χ1) is 14.5. The smallest absolute Gasteiger partial charge is 0.286 e. The lowest BCUT2D eigenvalue weighted by molar-refractivity contribution is -0.186. The van der Waals surface area contributed by atoms with Crippen molar-refractivity contribution in [1.82, 2.24) is 15.1 Å². The largest absolute Gasteiger partial charge is 0.347 e. The molecule has 0 radical (unpaired) electrons. The predicted molar refractivity (Wildman–Crippen MR) is 111 cm³/mol. The number of ether oxygens (including phenoxy) is 2. The molecule has 160 valence electrons. The number of halogens is 1. The number of nitrogens with one attached hydrogen (secondary N) is 1. The Morgan fingerprint density at radius 3 is 2.57 bits per heavy atom. The number of likely N-dealkylation sites (tertiary alicyclic amines) is 1. The van der Waals surface area contributed by atoms with Crippen molar-refractivity contribution in [2.75, 3.05) is 37.4 Å². The number of amides is 2. The van der Waals surface area contributed by atoms with Crippen molar-refractivity contribution in [3.63, 3.8) is 0 Å². The second-order valence-corrected chi connectivity index (χ2v) is 8.99. The third kappa shape index (κ3) is 5.15. The van der Waals surface area contributed by atoms with Gasteiger partial charge >= 0.3 is 0 Å². The molecule has 0 unspecified atom stereocenters. The van der Waals surface area contributed by atoms with E-state index in [9.17, 15) is 14.0 Å². The number of aromatic nitrogens is 2. The van der Waals surface area contributed by atoms with Gasteiger partial charge in [-0.15, -0.1) is 22.0 Å². The Balaban J connectivity index is 1.20. The summed E-state index contributed by atoms with van der Waals surface area (Å²) in [5, 5.41) is 11.5. The van der Waals surface area contributed by atoms with E-state index in [4.69, 9.17) is 9.47 Å². The van der Waals surface area contributed by atoms with E-state index in [1.165, 1.54) is 47.4 Å². The molecule has 1 aromatic carbocycles. The van der Waals surface area contributed by atoms with Crippen molar-refractivity contribution in [2.45, 2.75) is 24.4 Å². The van der Waals surface area contributed by atoms with Crippen LogP contribution in [-0.4, -0.2) is 64.8 Å². The topological polar surface area (TPSA) is 93.7 Å². The molecule has 2 aliphatic heterocycles. The van der Waals surface area contributed by atoms with Crippen molar-refractivity contribution >= 4 is 40.6 Å². The number of hydrogen-bond acceptors (Lipinski definition) is 8. The normalized spacial score (nSPS) is 18.0. The Labute approximate surface area is 181 Å². The maximum atomic E-state index is 12.9. The van der Waals surface area contributed by atoms with Crippen LogP contribution in [0.3, 0.4) is 0 Å². The van der Waals surface area contributed by atoms with Crippen LogP contribution in [-0.2, 0) is 20.0 Å². The molecular formula is C19H21FN4O4S2. The van der Waals surface area contributed by atoms with Gasteiger partial charge in [0.05, 0.1) is 19.0 Å². The van der Waals surface area contributed by atoms with Crippen molar-refractivity contribution in [3.05, 3.63) is 40.1 Å². The zero-order valence-corrected chi connectivity index (χ0v) is 17.8. The predicted octanol–water partition coefficient (Wildman–Crippen LogP) is 2.53. The zero-order valence-electron chi connectivity index (χ0n) is 16.1. The lowest BCUT2D eigenvalue weighted by atomic mass is 10.0. The summed E-state index contributed by atoms with van der Waals surface area (Å²) in [6, 6.07) is 5.49. The van der Waals surface area contributed by atoms with Crippen LogP contribution in [0.25, 0.3) is 0 Å². The molecule has 2 aliphatic rings. The Hall–Kier alpha value is -2.08. The molecule has 11 heteroatoms. The number of piperidine rings is 1. The lowest BCUT2D eigenvalue weighted by Gasteiger charge is -2.37. The molecule has 1 aromatic heterocycles. The van der Waals surface area contributed by atoms with Gasteiger partial charge < -0.3 is 19.7 Å². The first-order valence-corrected chi connectivity index (χ1v) is 11.5. The van der Waals surface area contributed by atoms with Gasteiger partial charge in [0, 0.05) is 37.4 Å². The van der Waals surface area contributed by atoms with Gasteiger partial charge in [-0.25, -0.2) is 4.39 Å². The summed E-state index contributed by atoms with van der Waals surface area (Å²) < 4.78 is 24.3. The third-order valence-corrected chi connectivity index (χ3v) is 6.94. The molecule has 2 saturated heterocycles. The van der Waals surface area contributed by atoms with Gasteiger partial charge in [0.2, 0.25) is 10.9 Å². The highest BCUT2D eigenvalue weighted by atomic mass is 32.2. The molecule has 2 fully saturated rings. The maximum Gasteiger partial charge on any atom is 0.286 e. The molecule has 4 rings (SSSR count). The third-order valence-electron chi connectivity index (χ3n) is 4.91. The lowest BCUT2D eigenvalue weighted by Crippen LogP contribution is -2.47. The molecule has 2 amide bonds. The molecular weight excluding hydrogens is 431 g/mol. The standard InChI is InChI=1S/C19H21FN4O4S2/c20-13-1-3-14(4-2-13)21-17(26)18-23-22-15(30-18)11-29-12-16(25)24-7-5-19(6-8-24)27-9-10-28-19/h1-4H,5-12H2,(H,21,26). The summed E-state index contributed by atoms with van der Waals surface area (Å²) in [6.45, 7) is 2.50. The van der Waals surface area contributed by atoms with Crippen LogP contribution in [0.4, 0.5) is 10.1 Å². The zero-order chi connectivity index (χ0) is 21.0. The number of anilines is 1. The SMILES string of the molecule is O=C(Nc1ccc(F)cc1)c1nnc(CSCC(=O)N2CCC3(CC2)OCCO3)s1. The molecule has 0 aliphatic carbocycles. The van der Waals surface area contributed by atoms with E-state index >= 15 is 0 Å². The van der Waals surface area contributed by atoms with E-state index < -0.39 is 11.7 Å². The molecule has 1 N–H and O–H groups in total. The van der Waals surface area contributed by atoms with Gasteiger partial charge in [-0.2, -0.15) is 0 Å². The number of carbonyl (C=O) groups excluding carboxylic acids is 2. The highest BCUT2D eigenvalue weighted by molar-refractivity contribution is 7.99. The Morgan fingerprint density at radius 2 is 1.87 bits per heavy atom. The fourth-order valence-corrected chi connectivity index (χ4v) is 5.03. The second kappa shape index (κ2) is 9.38. The van der Waals surface area contributed by atoms with E-state index in [1.54, 1.807) is 0 Å². The fourth-order valence-electron chi connectivity index (χ4n) is 3.32. The summed E-state index contributed by atoms with van der Waals surface area (Å²) in [5.74, 6) is -0.344. The Morgan fingerprint density at radius 1 is 1.17 bits per heavy atom. The minimum atomic E-state index is -0.485. The molecule has 30 heavy (non-hydrogen) atoms. The van der Waals surface area contributed by atoms with E-state index in [0.717, 1.165) is 0 Å². The van der Waals surface area contributed by atoms with Crippen LogP contribution in [0.2, 0.25) is 0 Å². The molecule has 0 bridgehead atoms. The Bertz CT molecular complexity index is 892. The number of nitrogens with zero attached hydrogens (tertiary/aromatic N) is 3. The van der Waals surface area contributed by atoms with E-state index in [1.807, 2.05) is 4.90 Å². The molecule has 2 aromatic rings. The minimum absolute atomic E-state index is 0.0756. The number of thioether (sulfide) groups is 1. The molecule has 3 heterocycles. The van der Waals surface area contributed by atoms with E-state index in [2.05, 4.69) is 15.5 Å². The Kier molecular flexibility index (Phi) is 6.61. The number of benzene rings is 1. The van der Waals surface area contributed by atoms with Crippen LogP contribution in [0.1, 0.15) is 27.7 Å². The van der Waals surface area contributed by atoms with Crippen LogP contribution < -0.4 is 5.32 Å². The summed E-state index contributed by atoms with van der Waals surface area (Å²) >= 11 is 2.62. The number of carbonyl (C=O) groups is 2. The van der Waals surface area contributed by atoms with Crippen molar-refractivity contribution < 1.29 is 23.5 Å². The van der Waals surface area contributed by atoms with E-state index in [0.29, 0.717) is 61.3 Å². The summed E-state index contributed by atoms with van der Waals surface area (Å²) in [5.41, 5.74) is 0.481. The highest BCUT2D eigenvalue weighted by Gasteiger charge is 2.40. The van der Waals surface area contributed by atoms with Gasteiger partial charge in [-0.1, -0.05) is 11.3 Å². The van der Waals surface area contributed by atoms with Crippen LogP contribution >= 0.6 is 23.1 Å². The van der Waals surface area contributed by atoms with Gasteiger partial charge in [0.1, 0.15) is 10.8 Å². The van der Waals surface area contributed by atoms with Crippen molar-refractivity contribution in [2.24, 2.45) is 0 Å². The summed E-state index contributed by atoms with van der Waals surface area (Å²) in [4.78, 5) is 26.5. The second-order valence-electron chi connectivity index (χ2n) is 6.94. The van der Waals surface area contributed by atoms with E-state index in [-0.39, 0.29) is 16.7 Å². The summed E-state index contributed by atoms with van der Waals surface area (Å²) in [6.07, 6.45) is 1.40. The minimum Gasteiger partial charge on any atom is -0.347 e. The van der Waals surface area contributed by atoms with Gasteiger partial charge in [-0.3, -0.25) is 9.59 Å². The average molecular weight is 453 g/mol. The van der Waals surface area contributed by atoms with Crippen LogP contribution in [0.5, 0.6) is 0 Å². The summed E-state index contributed by atoms with van der Waals surface area (Å²) in [7, 11) is 0. The maximum absolute atomic E-state index is 12.9. The molecule has 1 spiro atoms. The van der Waals surface area contributed by atoms with Gasteiger partial charge in [0.15, 0.2) is 5.79 Å². The molecule has 0 atom stereocenters. The number of hydrogen-bond donors (Lipinski definition) is 1. The number of rotatable bonds is 6. The first-order valence-electron chi connectivity index (χ1n) is 9.56. The fraction of sp³-hybridized carbons (Fsp3) is 0.474. The van der Waals surface area contributed by atoms with Gasteiger partial charge in [0.25, 0.3) is 5.91 Å². The van der Waals surface area contributed by atoms with Crippen molar-refractivity contribution in [1.29, 1.82) is 0 Å². The monoisotopic (exact) mass is 452 g/mol. The highest BCUT2D eigenvalue weighted by Crippen LogP contribution is 2.31. The quantitative estimate of drug-likeness (QED) is 0.720. The molecule has 0 saturated carbocycles. The first kappa shape index (κ1) is 21.2. The average Bonchev–Trinajstić information content (AvgIpc) is 3.40. The van der Waals surface area contributed by atoms with Gasteiger partial charge in [-0.05, 0) is 24.3 Å². The van der Waals surface area contributed by atoms with Crippen molar-refractivity contribution in [3.8, 4) is 0 Å². The van der Waals surface area contributed by atoms with Crippen LogP contribution in [0.15, 0.2) is 24.3 Å². The molecule has 8 nitrogen and oxygen atoms in total.